The Labute approximate surface area is 110 Å². The van der Waals surface area contributed by atoms with Gasteiger partial charge in [0.1, 0.15) is 11.9 Å². The summed E-state index contributed by atoms with van der Waals surface area (Å²) in [5.74, 6) is -0.347. The molecule has 0 radical (unpaired) electrons. The second-order valence-corrected chi connectivity index (χ2v) is 4.66. The van der Waals surface area contributed by atoms with E-state index in [0.717, 1.165) is 24.2 Å². The Morgan fingerprint density at radius 1 is 1.00 bits per heavy atom. The summed E-state index contributed by atoms with van der Waals surface area (Å²) in [7, 11) is 0. The van der Waals surface area contributed by atoms with Crippen LogP contribution in [-0.4, -0.2) is 15.3 Å². The highest BCUT2D eigenvalue weighted by molar-refractivity contribution is 5.52. The molecule has 2 aromatic carbocycles. The van der Waals surface area contributed by atoms with Gasteiger partial charge in [0, 0.05) is 0 Å². The molecular formula is C15H14O4. The summed E-state index contributed by atoms with van der Waals surface area (Å²) in [6, 6.07) is 10.7. The molecule has 0 bridgehead atoms. The number of fused-ring (bicyclic) bond motifs is 1. The normalized spacial score (nSPS) is 17.6. The number of hydrogen-bond acceptors (Lipinski definition) is 4. The van der Waals surface area contributed by atoms with Crippen molar-refractivity contribution < 1.29 is 20.1 Å². The first kappa shape index (κ1) is 11.7. The molecule has 3 rings (SSSR count). The Bertz CT molecular complexity index is 598. The number of aryl methyl sites for hydroxylation is 1. The molecule has 0 aromatic heterocycles. The molecule has 0 unspecified atom stereocenters. The second kappa shape index (κ2) is 4.39. The predicted molar refractivity (Wildman–Crippen MR) is 69.6 cm³/mol. The molecule has 0 saturated carbocycles. The van der Waals surface area contributed by atoms with E-state index < -0.39 is 5.75 Å². The van der Waals surface area contributed by atoms with Crippen LogP contribution in [0.4, 0.5) is 0 Å². The molecule has 0 aliphatic carbocycles. The fourth-order valence-electron chi connectivity index (χ4n) is 2.37. The van der Waals surface area contributed by atoms with E-state index in [1.54, 1.807) is 0 Å². The fraction of sp³-hybridized carbons (Fsp3) is 0.200. The zero-order valence-corrected chi connectivity index (χ0v) is 10.2. The third-order valence-electron chi connectivity index (χ3n) is 3.38. The van der Waals surface area contributed by atoms with Crippen LogP contribution in [0.25, 0.3) is 0 Å². The smallest absolute Gasteiger partial charge is 0.200 e. The van der Waals surface area contributed by atoms with Gasteiger partial charge >= 0.3 is 0 Å². The van der Waals surface area contributed by atoms with Crippen molar-refractivity contribution >= 4 is 0 Å². The maximum atomic E-state index is 9.54. The minimum absolute atomic E-state index is 0.229. The van der Waals surface area contributed by atoms with Crippen molar-refractivity contribution in [2.75, 3.05) is 0 Å². The van der Waals surface area contributed by atoms with E-state index in [1.807, 2.05) is 24.3 Å². The fourth-order valence-corrected chi connectivity index (χ4v) is 2.37. The molecule has 1 heterocycles. The van der Waals surface area contributed by atoms with Gasteiger partial charge in [-0.1, -0.05) is 18.2 Å². The van der Waals surface area contributed by atoms with Crippen molar-refractivity contribution in [1.82, 2.24) is 0 Å². The van der Waals surface area contributed by atoms with Crippen molar-refractivity contribution in [2.24, 2.45) is 0 Å². The summed E-state index contributed by atoms with van der Waals surface area (Å²) in [5, 5.41) is 28.4. The highest BCUT2D eigenvalue weighted by atomic mass is 16.5. The zero-order valence-electron chi connectivity index (χ0n) is 10.2. The van der Waals surface area contributed by atoms with Gasteiger partial charge in [-0.05, 0) is 42.2 Å². The van der Waals surface area contributed by atoms with E-state index in [4.69, 9.17) is 4.74 Å². The Morgan fingerprint density at radius 3 is 2.42 bits per heavy atom. The van der Waals surface area contributed by atoms with Gasteiger partial charge in [0.15, 0.2) is 17.2 Å². The summed E-state index contributed by atoms with van der Waals surface area (Å²) >= 11 is 0. The molecule has 0 fully saturated rings. The molecule has 98 valence electrons. The first-order chi connectivity index (χ1) is 9.15. The van der Waals surface area contributed by atoms with Gasteiger partial charge in [-0.15, -0.1) is 0 Å². The van der Waals surface area contributed by atoms with E-state index in [2.05, 4.69) is 0 Å². The Morgan fingerprint density at radius 2 is 1.68 bits per heavy atom. The van der Waals surface area contributed by atoms with Crippen LogP contribution in [0.1, 0.15) is 23.7 Å². The molecule has 3 N–H and O–H groups in total. The number of para-hydroxylation sites is 1. The van der Waals surface area contributed by atoms with Crippen LogP contribution >= 0.6 is 0 Å². The van der Waals surface area contributed by atoms with Crippen LogP contribution in [0.15, 0.2) is 36.4 Å². The van der Waals surface area contributed by atoms with Gasteiger partial charge in [0.25, 0.3) is 0 Å². The lowest BCUT2D eigenvalue weighted by molar-refractivity contribution is 0.175. The predicted octanol–water partition coefficient (Wildman–Crippen LogP) is 2.87. The van der Waals surface area contributed by atoms with Crippen molar-refractivity contribution in [3.8, 4) is 23.0 Å². The Kier molecular flexibility index (Phi) is 2.71. The van der Waals surface area contributed by atoms with Crippen LogP contribution in [0.5, 0.6) is 23.0 Å². The van der Waals surface area contributed by atoms with Crippen LogP contribution in [-0.2, 0) is 6.42 Å². The maximum absolute atomic E-state index is 9.54. The molecule has 0 saturated heterocycles. The van der Waals surface area contributed by atoms with Crippen LogP contribution in [0, 0.1) is 0 Å². The minimum atomic E-state index is -0.500. The molecule has 4 heteroatoms. The standard InChI is InChI=1S/C15H14O4/c16-11-7-10(8-12(17)15(11)18)14-6-5-9-3-1-2-4-13(9)19-14/h1-4,7-8,14,16-18H,5-6H2/t14-/m0/s1. The molecule has 0 spiro atoms. The van der Waals surface area contributed by atoms with Crippen molar-refractivity contribution in [1.29, 1.82) is 0 Å². The Hall–Kier alpha value is -2.36. The molecule has 1 aliphatic rings. The van der Waals surface area contributed by atoms with Gasteiger partial charge in [-0.2, -0.15) is 0 Å². The monoisotopic (exact) mass is 258 g/mol. The van der Waals surface area contributed by atoms with E-state index >= 15 is 0 Å². The summed E-state index contributed by atoms with van der Waals surface area (Å²) in [6.07, 6.45) is 1.41. The van der Waals surface area contributed by atoms with Gasteiger partial charge in [0.2, 0.25) is 0 Å². The third kappa shape index (κ3) is 2.05. The first-order valence-corrected chi connectivity index (χ1v) is 6.14. The number of phenols is 3. The second-order valence-electron chi connectivity index (χ2n) is 4.66. The van der Waals surface area contributed by atoms with Gasteiger partial charge in [-0.25, -0.2) is 0 Å². The van der Waals surface area contributed by atoms with Crippen LogP contribution < -0.4 is 4.74 Å². The number of aromatic hydroxyl groups is 3. The minimum Gasteiger partial charge on any atom is -0.504 e. The van der Waals surface area contributed by atoms with E-state index in [1.165, 1.54) is 12.1 Å². The Balaban J connectivity index is 1.93. The van der Waals surface area contributed by atoms with Crippen molar-refractivity contribution in [3.05, 3.63) is 47.5 Å². The van der Waals surface area contributed by atoms with Crippen molar-refractivity contribution in [2.45, 2.75) is 18.9 Å². The largest absolute Gasteiger partial charge is 0.504 e. The highest BCUT2D eigenvalue weighted by Crippen LogP contribution is 2.41. The summed E-state index contributed by atoms with van der Waals surface area (Å²) in [5.41, 5.74) is 1.81. The third-order valence-corrected chi connectivity index (χ3v) is 3.38. The lowest BCUT2D eigenvalue weighted by Gasteiger charge is -2.26. The molecule has 19 heavy (non-hydrogen) atoms. The topological polar surface area (TPSA) is 69.9 Å². The van der Waals surface area contributed by atoms with Gasteiger partial charge in [0.05, 0.1) is 0 Å². The molecule has 0 amide bonds. The number of phenolic OH excluding ortho intramolecular Hbond substituents is 3. The maximum Gasteiger partial charge on any atom is 0.200 e. The van der Waals surface area contributed by atoms with E-state index in [-0.39, 0.29) is 17.6 Å². The van der Waals surface area contributed by atoms with Gasteiger partial charge in [-0.3, -0.25) is 0 Å². The lowest BCUT2D eigenvalue weighted by atomic mass is 9.97. The summed E-state index contributed by atoms with van der Waals surface area (Å²) < 4.78 is 5.86. The lowest BCUT2D eigenvalue weighted by Crippen LogP contribution is -2.14. The summed E-state index contributed by atoms with van der Waals surface area (Å²) in [6.45, 7) is 0. The van der Waals surface area contributed by atoms with Crippen LogP contribution in [0.2, 0.25) is 0 Å². The number of benzene rings is 2. The van der Waals surface area contributed by atoms with Crippen molar-refractivity contribution in [3.63, 3.8) is 0 Å². The zero-order chi connectivity index (χ0) is 13.4. The summed E-state index contributed by atoms with van der Waals surface area (Å²) in [4.78, 5) is 0. The van der Waals surface area contributed by atoms with Crippen LogP contribution in [0.3, 0.4) is 0 Å². The highest BCUT2D eigenvalue weighted by Gasteiger charge is 2.23. The molecule has 1 aliphatic heterocycles. The number of hydrogen-bond donors (Lipinski definition) is 3. The van der Waals surface area contributed by atoms with E-state index in [9.17, 15) is 15.3 Å². The molecule has 2 aromatic rings. The molecule has 4 nitrogen and oxygen atoms in total. The molecule has 1 atom stereocenters. The quantitative estimate of drug-likeness (QED) is 0.688. The number of rotatable bonds is 1. The first-order valence-electron chi connectivity index (χ1n) is 6.14. The average molecular weight is 258 g/mol. The van der Waals surface area contributed by atoms with E-state index in [0.29, 0.717) is 5.56 Å². The van der Waals surface area contributed by atoms with Gasteiger partial charge < -0.3 is 20.1 Å². The SMILES string of the molecule is Oc1cc([C@@H]2CCc3ccccc3O2)cc(O)c1O. The average Bonchev–Trinajstić information content (AvgIpc) is 2.43. The molecular weight excluding hydrogens is 244 g/mol. The number of ether oxygens (including phenoxy) is 1.